The highest BCUT2D eigenvalue weighted by Gasteiger charge is 2.12. The van der Waals surface area contributed by atoms with E-state index in [2.05, 4.69) is 59.4 Å². The van der Waals surface area contributed by atoms with Gasteiger partial charge in [0, 0.05) is 30.5 Å². The van der Waals surface area contributed by atoms with E-state index in [1.807, 2.05) is 31.2 Å². The van der Waals surface area contributed by atoms with Gasteiger partial charge in [0.1, 0.15) is 11.6 Å². The Bertz CT molecular complexity index is 926. The van der Waals surface area contributed by atoms with E-state index in [4.69, 9.17) is 9.72 Å². The molecule has 0 aliphatic heterocycles. The van der Waals surface area contributed by atoms with E-state index in [0.29, 0.717) is 5.95 Å². The van der Waals surface area contributed by atoms with Gasteiger partial charge in [-0.05, 0) is 56.5 Å². The van der Waals surface area contributed by atoms with E-state index < -0.39 is 0 Å². The number of aromatic nitrogens is 2. The van der Waals surface area contributed by atoms with Crippen LogP contribution < -0.4 is 15.0 Å². The van der Waals surface area contributed by atoms with Crippen molar-refractivity contribution in [2.24, 2.45) is 0 Å². The molecular weight excluding hydrogens is 348 g/mol. The van der Waals surface area contributed by atoms with Crippen molar-refractivity contribution in [3.05, 3.63) is 71.4 Å². The maximum Gasteiger partial charge on any atom is 0.224 e. The summed E-state index contributed by atoms with van der Waals surface area (Å²) in [6.07, 6.45) is 0.839. The Morgan fingerprint density at radius 2 is 1.82 bits per heavy atom. The molecule has 146 valence electrons. The highest BCUT2D eigenvalue weighted by molar-refractivity contribution is 5.61. The molecule has 1 N–H and O–H groups in total. The molecule has 0 bridgehead atoms. The molecule has 28 heavy (non-hydrogen) atoms. The molecule has 0 saturated heterocycles. The molecule has 0 aliphatic carbocycles. The van der Waals surface area contributed by atoms with Crippen LogP contribution >= 0.6 is 0 Å². The van der Waals surface area contributed by atoms with Crippen LogP contribution in [-0.4, -0.2) is 30.2 Å². The summed E-state index contributed by atoms with van der Waals surface area (Å²) in [5.41, 5.74) is 4.48. The quantitative estimate of drug-likeness (QED) is 0.605. The van der Waals surface area contributed by atoms with E-state index in [1.54, 1.807) is 7.11 Å². The second-order valence-corrected chi connectivity index (χ2v) is 6.76. The van der Waals surface area contributed by atoms with Gasteiger partial charge >= 0.3 is 0 Å². The number of methoxy groups -OCH3 is 1. The highest BCUT2D eigenvalue weighted by atomic mass is 16.5. The maximum absolute atomic E-state index is 5.43. The van der Waals surface area contributed by atoms with Gasteiger partial charge < -0.3 is 15.0 Å². The van der Waals surface area contributed by atoms with Gasteiger partial charge in [0.2, 0.25) is 5.95 Å². The minimum atomic E-state index is 0.649. The molecule has 1 aromatic heterocycles. The van der Waals surface area contributed by atoms with Crippen LogP contribution in [-0.2, 0) is 6.42 Å². The maximum atomic E-state index is 5.43. The Kier molecular flexibility index (Phi) is 6.48. The minimum Gasteiger partial charge on any atom is -0.496 e. The monoisotopic (exact) mass is 376 g/mol. The molecule has 0 saturated carbocycles. The molecule has 0 aliphatic rings. The summed E-state index contributed by atoms with van der Waals surface area (Å²) in [5, 5.41) is 3.36. The number of benzene rings is 2. The van der Waals surface area contributed by atoms with Gasteiger partial charge in [0.25, 0.3) is 0 Å². The third kappa shape index (κ3) is 4.80. The van der Waals surface area contributed by atoms with Crippen LogP contribution in [0.25, 0.3) is 0 Å². The molecule has 3 rings (SSSR count). The Labute approximate surface area is 167 Å². The average molecular weight is 377 g/mol. The highest BCUT2D eigenvalue weighted by Crippen LogP contribution is 2.25. The summed E-state index contributed by atoms with van der Waals surface area (Å²) in [5.74, 6) is 2.46. The molecular formula is C23H28N4O. The van der Waals surface area contributed by atoms with E-state index >= 15 is 0 Å². The van der Waals surface area contributed by atoms with E-state index in [0.717, 1.165) is 42.5 Å². The Hall–Kier alpha value is -3.08. The van der Waals surface area contributed by atoms with E-state index in [-0.39, 0.29) is 0 Å². The zero-order valence-corrected chi connectivity index (χ0v) is 17.1. The largest absolute Gasteiger partial charge is 0.496 e. The lowest BCUT2D eigenvalue weighted by molar-refractivity contribution is 0.410. The Morgan fingerprint density at radius 1 is 1.00 bits per heavy atom. The number of rotatable bonds is 8. The summed E-state index contributed by atoms with van der Waals surface area (Å²) in [7, 11) is 1.70. The number of aryl methyl sites for hydroxylation is 2. The van der Waals surface area contributed by atoms with Crippen molar-refractivity contribution < 1.29 is 4.74 Å². The van der Waals surface area contributed by atoms with Crippen molar-refractivity contribution in [2.75, 3.05) is 30.4 Å². The zero-order chi connectivity index (χ0) is 19.9. The summed E-state index contributed by atoms with van der Waals surface area (Å²) in [4.78, 5) is 11.5. The molecule has 0 amide bonds. The van der Waals surface area contributed by atoms with Crippen molar-refractivity contribution in [1.29, 1.82) is 0 Å². The normalized spacial score (nSPS) is 10.6. The lowest BCUT2D eigenvalue weighted by Crippen LogP contribution is -2.19. The molecule has 3 aromatic rings. The van der Waals surface area contributed by atoms with Gasteiger partial charge in [-0.15, -0.1) is 0 Å². The van der Waals surface area contributed by atoms with Crippen LogP contribution in [0.4, 0.5) is 17.5 Å². The summed E-state index contributed by atoms with van der Waals surface area (Å²) < 4.78 is 5.43. The number of nitrogens with one attached hydrogen (secondary N) is 1. The molecule has 0 fully saturated rings. The molecule has 2 aromatic carbocycles. The van der Waals surface area contributed by atoms with Crippen LogP contribution in [0.15, 0.2) is 54.6 Å². The first kappa shape index (κ1) is 19.7. The fraction of sp³-hybridized carbons (Fsp3) is 0.304. The molecule has 1 heterocycles. The van der Waals surface area contributed by atoms with Gasteiger partial charge in [0.15, 0.2) is 0 Å². The lowest BCUT2D eigenvalue weighted by Gasteiger charge is -2.23. The standard InChI is InChI=1S/C23H28N4O/c1-5-27(20-11-8-9-17(2)15-20)22-16-18(3)25-23(26-22)24-14-13-19-10-6-7-12-21(19)28-4/h6-12,15-16H,5,13-14H2,1-4H3,(H,24,25,26). The topological polar surface area (TPSA) is 50.3 Å². The molecule has 0 atom stereocenters. The zero-order valence-electron chi connectivity index (χ0n) is 17.1. The predicted molar refractivity (Wildman–Crippen MR) is 116 cm³/mol. The van der Waals surface area contributed by atoms with Gasteiger partial charge in [-0.1, -0.05) is 30.3 Å². The number of hydrogen-bond acceptors (Lipinski definition) is 5. The number of anilines is 3. The summed E-state index contributed by atoms with van der Waals surface area (Å²) >= 11 is 0. The van der Waals surface area contributed by atoms with Crippen LogP contribution in [0, 0.1) is 13.8 Å². The molecule has 5 nitrogen and oxygen atoms in total. The number of ether oxygens (including phenoxy) is 1. The molecule has 0 spiro atoms. The fourth-order valence-corrected chi connectivity index (χ4v) is 3.26. The number of hydrogen-bond donors (Lipinski definition) is 1. The van der Waals surface area contributed by atoms with Gasteiger partial charge in [0.05, 0.1) is 7.11 Å². The molecule has 0 unspecified atom stereocenters. The third-order valence-corrected chi connectivity index (χ3v) is 4.62. The Morgan fingerprint density at radius 3 is 2.57 bits per heavy atom. The summed E-state index contributed by atoms with van der Waals surface area (Å²) in [6.45, 7) is 7.81. The first-order valence-corrected chi connectivity index (χ1v) is 9.66. The minimum absolute atomic E-state index is 0.649. The average Bonchev–Trinajstić information content (AvgIpc) is 2.69. The van der Waals surface area contributed by atoms with Gasteiger partial charge in [-0.2, -0.15) is 4.98 Å². The van der Waals surface area contributed by atoms with Crippen molar-refractivity contribution in [3.8, 4) is 5.75 Å². The SMILES string of the molecule is CCN(c1cccc(C)c1)c1cc(C)nc(NCCc2ccccc2OC)n1. The Balaban J connectivity index is 1.75. The van der Waals surface area contributed by atoms with E-state index in [9.17, 15) is 0 Å². The van der Waals surface area contributed by atoms with Crippen molar-refractivity contribution >= 4 is 17.5 Å². The molecule has 0 radical (unpaired) electrons. The van der Waals surface area contributed by atoms with Crippen LogP contribution in [0.2, 0.25) is 0 Å². The smallest absolute Gasteiger partial charge is 0.224 e. The van der Waals surface area contributed by atoms with Gasteiger partial charge in [-0.3, -0.25) is 0 Å². The lowest BCUT2D eigenvalue weighted by atomic mass is 10.1. The second-order valence-electron chi connectivity index (χ2n) is 6.76. The predicted octanol–water partition coefficient (Wildman–Crippen LogP) is 4.91. The van der Waals surface area contributed by atoms with Crippen LogP contribution in [0.3, 0.4) is 0 Å². The van der Waals surface area contributed by atoms with E-state index in [1.165, 1.54) is 11.1 Å². The number of nitrogens with zero attached hydrogens (tertiary/aromatic N) is 3. The van der Waals surface area contributed by atoms with Crippen LogP contribution in [0.5, 0.6) is 5.75 Å². The first-order chi connectivity index (χ1) is 13.6. The van der Waals surface area contributed by atoms with Crippen LogP contribution in [0.1, 0.15) is 23.7 Å². The fourth-order valence-electron chi connectivity index (χ4n) is 3.26. The molecule has 5 heteroatoms. The van der Waals surface area contributed by atoms with Crippen molar-refractivity contribution in [2.45, 2.75) is 27.2 Å². The van der Waals surface area contributed by atoms with Gasteiger partial charge in [-0.25, -0.2) is 4.98 Å². The number of para-hydroxylation sites is 1. The summed E-state index contributed by atoms with van der Waals surface area (Å²) in [6, 6.07) is 18.6. The first-order valence-electron chi connectivity index (χ1n) is 9.66. The van der Waals surface area contributed by atoms with Crippen molar-refractivity contribution in [3.63, 3.8) is 0 Å². The second kappa shape index (κ2) is 9.22. The third-order valence-electron chi connectivity index (χ3n) is 4.62. The van der Waals surface area contributed by atoms with Crippen molar-refractivity contribution in [1.82, 2.24) is 9.97 Å².